The molecule has 1 aromatic carbocycles. The smallest absolute Gasteiger partial charge is 0.235 e. The molecule has 1 saturated carbocycles. The lowest BCUT2D eigenvalue weighted by Crippen LogP contribution is -2.42. The van der Waals surface area contributed by atoms with Gasteiger partial charge in [-0.15, -0.1) is 0 Å². The molecule has 0 aromatic heterocycles. The second-order valence-corrected chi connectivity index (χ2v) is 8.82. The number of carbonyl (C=O) groups is 1. The van der Waals surface area contributed by atoms with Gasteiger partial charge in [0, 0.05) is 16.6 Å². The summed E-state index contributed by atoms with van der Waals surface area (Å²) in [4.78, 5) is 11.9. The normalized spacial score (nSPS) is 22.3. The van der Waals surface area contributed by atoms with E-state index in [0.29, 0.717) is 5.56 Å². The molecule has 1 aromatic rings. The molecule has 0 heterocycles. The van der Waals surface area contributed by atoms with Gasteiger partial charge < -0.3 is 11.1 Å². The third-order valence-corrected chi connectivity index (χ3v) is 5.79. The lowest BCUT2D eigenvalue weighted by Gasteiger charge is -2.26. The molecule has 0 spiro atoms. The monoisotopic (exact) mass is 388 g/mol. The zero-order valence-corrected chi connectivity index (χ0v) is 14.7. The number of benzene rings is 1. The number of nitrogens with one attached hydrogen (secondary N) is 1. The maximum atomic E-state index is 12.1. The number of amides is 1. The molecular weight excluding hydrogens is 368 g/mol. The summed E-state index contributed by atoms with van der Waals surface area (Å²) in [5.74, 6) is -1.01. The van der Waals surface area contributed by atoms with Crippen LogP contribution in [-0.2, 0) is 20.4 Å². The first kappa shape index (κ1) is 17.4. The second-order valence-electron chi connectivity index (χ2n) is 5.84. The Bertz CT molecular complexity index is 608. The maximum absolute atomic E-state index is 12.1. The molecule has 122 valence electrons. The van der Waals surface area contributed by atoms with Crippen molar-refractivity contribution in [2.75, 3.05) is 5.75 Å². The second kappa shape index (κ2) is 7.57. The quantitative estimate of drug-likeness (QED) is 0.803. The van der Waals surface area contributed by atoms with E-state index in [9.17, 15) is 13.2 Å². The van der Waals surface area contributed by atoms with Crippen molar-refractivity contribution in [1.29, 1.82) is 0 Å². The summed E-state index contributed by atoms with van der Waals surface area (Å²) >= 11 is 3.30. The van der Waals surface area contributed by atoms with Gasteiger partial charge >= 0.3 is 0 Å². The van der Waals surface area contributed by atoms with Crippen LogP contribution in [0, 0.1) is 0 Å². The molecule has 7 heteroatoms. The summed E-state index contributed by atoms with van der Waals surface area (Å²) in [6.07, 6.45) is 3.38. The van der Waals surface area contributed by atoms with Crippen molar-refractivity contribution >= 4 is 31.7 Å². The van der Waals surface area contributed by atoms with Gasteiger partial charge in [-0.05, 0) is 43.4 Å². The van der Waals surface area contributed by atoms with Crippen LogP contribution in [0.4, 0.5) is 0 Å². The Hall–Kier alpha value is -0.920. The van der Waals surface area contributed by atoms with E-state index < -0.39 is 21.5 Å². The summed E-state index contributed by atoms with van der Waals surface area (Å²) in [6, 6.07) is 7.31. The molecule has 0 saturated heterocycles. The summed E-state index contributed by atoms with van der Waals surface area (Å²) in [6.45, 7) is 0. The SMILES string of the molecule is NC1CCC(NC(=O)CS(=O)(=O)Cc2ccc(Br)cc2)CC1. The van der Waals surface area contributed by atoms with E-state index in [1.807, 2.05) is 0 Å². The minimum atomic E-state index is -3.46. The Morgan fingerprint density at radius 2 is 1.77 bits per heavy atom. The molecule has 2 rings (SSSR count). The molecule has 1 aliphatic rings. The molecule has 0 atom stereocenters. The lowest BCUT2D eigenvalue weighted by atomic mass is 9.92. The van der Waals surface area contributed by atoms with Gasteiger partial charge in [0.15, 0.2) is 9.84 Å². The van der Waals surface area contributed by atoms with Gasteiger partial charge in [0.05, 0.1) is 5.75 Å². The van der Waals surface area contributed by atoms with Crippen LogP contribution in [0.5, 0.6) is 0 Å². The predicted molar refractivity (Wildman–Crippen MR) is 90.0 cm³/mol. The average molecular weight is 389 g/mol. The number of hydrogen-bond donors (Lipinski definition) is 2. The maximum Gasteiger partial charge on any atom is 0.235 e. The fraction of sp³-hybridized carbons (Fsp3) is 0.533. The molecule has 5 nitrogen and oxygen atoms in total. The number of halogens is 1. The highest BCUT2D eigenvalue weighted by molar-refractivity contribution is 9.10. The standard InChI is InChI=1S/C15H21BrN2O3S/c16-12-3-1-11(2-4-12)9-22(20,21)10-15(19)18-14-7-5-13(17)6-8-14/h1-4,13-14H,5-10,17H2,(H,18,19). The molecule has 0 bridgehead atoms. The minimum absolute atomic E-state index is 0.0511. The van der Waals surface area contributed by atoms with E-state index in [1.165, 1.54) is 0 Å². The zero-order valence-electron chi connectivity index (χ0n) is 12.3. The highest BCUT2D eigenvalue weighted by Crippen LogP contribution is 2.17. The Balaban J connectivity index is 1.85. The molecule has 1 amide bonds. The summed E-state index contributed by atoms with van der Waals surface area (Å²) in [7, 11) is -3.46. The number of hydrogen-bond acceptors (Lipinski definition) is 4. The first-order chi connectivity index (χ1) is 10.3. The fourth-order valence-electron chi connectivity index (χ4n) is 2.62. The molecule has 0 radical (unpaired) electrons. The zero-order chi connectivity index (χ0) is 16.2. The van der Waals surface area contributed by atoms with E-state index >= 15 is 0 Å². The Labute approximate surface area is 139 Å². The van der Waals surface area contributed by atoms with Crippen molar-refractivity contribution in [3.05, 3.63) is 34.3 Å². The van der Waals surface area contributed by atoms with Gasteiger partial charge in [-0.3, -0.25) is 4.79 Å². The molecule has 22 heavy (non-hydrogen) atoms. The molecule has 0 aliphatic heterocycles. The lowest BCUT2D eigenvalue weighted by molar-refractivity contribution is -0.119. The number of nitrogens with two attached hydrogens (primary N) is 1. The van der Waals surface area contributed by atoms with Gasteiger partial charge in [0.1, 0.15) is 5.75 Å². The third-order valence-electron chi connectivity index (χ3n) is 3.79. The van der Waals surface area contributed by atoms with Gasteiger partial charge in [0.25, 0.3) is 0 Å². The topological polar surface area (TPSA) is 89.3 Å². The van der Waals surface area contributed by atoms with E-state index in [-0.39, 0.29) is 17.8 Å². The Morgan fingerprint density at radius 1 is 1.18 bits per heavy atom. The first-order valence-corrected chi connectivity index (χ1v) is 9.95. The molecule has 0 unspecified atom stereocenters. The number of rotatable bonds is 5. The van der Waals surface area contributed by atoms with Gasteiger partial charge in [-0.25, -0.2) is 8.42 Å². The van der Waals surface area contributed by atoms with Crippen LogP contribution in [0.1, 0.15) is 31.2 Å². The highest BCUT2D eigenvalue weighted by Gasteiger charge is 2.23. The molecule has 1 aliphatic carbocycles. The van der Waals surface area contributed by atoms with Crippen LogP contribution in [0.3, 0.4) is 0 Å². The summed E-state index contributed by atoms with van der Waals surface area (Å²) < 4.78 is 25.1. The summed E-state index contributed by atoms with van der Waals surface area (Å²) in [5, 5.41) is 2.81. The van der Waals surface area contributed by atoms with Gasteiger partial charge in [-0.2, -0.15) is 0 Å². The Kier molecular flexibility index (Phi) is 6.00. The van der Waals surface area contributed by atoms with E-state index in [0.717, 1.165) is 30.2 Å². The van der Waals surface area contributed by atoms with Crippen LogP contribution in [0.15, 0.2) is 28.7 Å². The molecule has 1 fully saturated rings. The van der Waals surface area contributed by atoms with Crippen molar-refractivity contribution < 1.29 is 13.2 Å². The molecule has 3 N–H and O–H groups in total. The van der Waals surface area contributed by atoms with E-state index in [1.54, 1.807) is 24.3 Å². The van der Waals surface area contributed by atoms with Crippen LogP contribution in [0.2, 0.25) is 0 Å². The highest BCUT2D eigenvalue weighted by atomic mass is 79.9. The Morgan fingerprint density at radius 3 is 2.36 bits per heavy atom. The van der Waals surface area contributed by atoms with E-state index in [4.69, 9.17) is 5.73 Å². The van der Waals surface area contributed by atoms with Crippen molar-refractivity contribution in [3.63, 3.8) is 0 Å². The first-order valence-electron chi connectivity index (χ1n) is 7.34. The number of sulfone groups is 1. The molecular formula is C15H21BrN2O3S. The van der Waals surface area contributed by atoms with Crippen LogP contribution >= 0.6 is 15.9 Å². The predicted octanol–water partition coefficient (Wildman–Crippen LogP) is 1.75. The van der Waals surface area contributed by atoms with Crippen molar-refractivity contribution in [3.8, 4) is 0 Å². The largest absolute Gasteiger partial charge is 0.352 e. The van der Waals surface area contributed by atoms with Crippen molar-refractivity contribution in [2.45, 2.75) is 43.5 Å². The van der Waals surface area contributed by atoms with E-state index in [2.05, 4.69) is 21.2 Å². The average Bonchev–Trinajstić information content (AvgIpc) is 2.43. The van der Waals surface area contributed by atoms with Crippen molar-refractivity contribution in [2.24, 2.45) is 5.73 Å². The van der Waals surface area contributed by atoms with Crippen molar-refractivity contribution in [1.82, 2.24) is 5.32 Å². The third kappa shape index (κ3) is 5.70. The van der Waals surface area contributed by atoms with Crippen LogP contribution < -0.4 is 11.1 Å². The minimum Gasteiger partial charge on any atom is -0.352 e. The van der Waals surface area contributed by atoms with Gasteiger partial charge in [0.2, 0.25) is 5.91 Å². The van der Waals surface area contributed by atoms with Crippen LogP contribution in [0.25, 0.3) is 0 Å². The fourth-order valence-corrected chi connectivity index (χ4v) is 4.17. The van der Waals surface area contributed by atoms with Gasteiger partial charge in [-0.1, -0.05) is 28.1 Å². The van der Waals surface area contributed by atoms with Crippen LogP contribution in [-0.4, -0.2) is 32.2 Å². The summed E-state index contributed by atoms with van der Waals surface area (Å²) in [5.41, 5.74) is 6.49. The number of carbonyl (C=O) groups excluding carboxylic acids is 1.